The number of aliphatic hydroxyl groups is 1. The molecule has 4 aliphatic rings. The number of aliphatic imine (C=N–C) groups is 2. The van der Waals surface area contributed by atoms with Crippen molar-refractivity contribution in [1.29, 1.82) is 0 Å². The van der Waals surface area contributed by atoms with Gasteiger partial charge in [-0.15, -0.1) is 0 Å². The van der Waals surface area contributed by atoms with E-state index in [1.807, 2.05) is 6.21 Å². The van der Waals surface area contributed by atoms with Gasteiger partial charge in [-0.1, -0.05) is 6.92 Å². The molecule has 0 saturated carbocycles. The van der Waals surface area contributed by atoms with Crippen LogP contribution in [-0.4, -0.2) is 60.5 Å². The van der Waals surface area contributed by atoms with Gasteiger partial charge in [0.1, 0.15) is 0 Å². The van der Waals surface area contributed by atoms with Gasteiger partial charge in [0.15, 0.2) is 12.4 Å². The molecule has 1 N–H and O–H groups in total. The van der Waals surface area contributed by atoms with Gasteiger partial charge < -0.3 is 14.6 Å². The summed E-state index contributed by atoms with van der Waals surface area (Å²) in [7, 11) is 1.67. The molecule has 0 radical (unpaired) electrons. The van der Waals surface area contributed by atoms with E-state index < -0.39 is 0 Å². The lowest BCUT2D eigenvalue weighted by Gasteiger charge is -2.34. The molecule has 1 saturated heterocycles. The summed E-state index contributed by atoms with van der Waals surface area (Å²) in [6, 6.07) is 0. The van der Waals surface area contributed by atoms with Crippen LogP contribution in [0, 0.1) is 17.8 Å². The van der Waals surface area contributed by atoms with Crippen LogP contribution in [0.3, 0.4) is 0 Å². The molecule has 4 aliphatic heterocycles. The van der Waals surface area contributed by atoms with Crippen molar-refractivity contribution in [3.63, 3.8) is 0 Å². The van der Waals surface area contributed by atoms with E-state index in [1.54, 1.807) is 18.2 Å². The number of methoxy groups -OCH3 is 1. The van der Waals surface area contributed by atoms with Gasteiger partial charge in [0.2, 0.25) is 5.88 Å². The fourth-order valence-electron chi connectivity index (χ4n) is 4.19. The Hall–Kier alpha value is -1.73. The Balaban J connectivity index is 1.55. The van der Waals surface area contributed by atoms with Crippen LogP contribution in [0.1, 0.15) is 32.6 Å². The number of fused-ring (bicyclic) bond motifs is 1. The SMILES string of the molecule is COC1N=CCC(C)C1C1=NC2CC(C3CCOCC3)=NN2C(O)=C1. The van der Waals surface area contributed by atoms with Crippen molar-refractivity contribution in [2.75, 3.05) is 20.3 Å². The highest BCUT2D eigenvalue weighted by atomic mass is 16.5. The van der Waals surface area contributed by atoms with Gasteiger partial charge >= 0.3 is 0 Å². The van der Waals surface area contributed by atoms with Crippen molar-refractivity contribution >= 4 is 17.6 Å². The summed E-state index contributed by atoms with van der Waals surface area (Å²) in [6.45, 7) is 3.76. The van der Waals surface area contributed by atoms with Crippen molar-refractivity contribution in [2.45, 2.75) is 45.0 Å². The molecule has 25 heavy (non-hydrogen) atoms. The molecule has 7 heteroatoms. The maximum atomic E-state index is 10.5. The van der Waals surface area contributed by atoms with E-state index in [1.165, 1.54) is 0 Å². The van der Waals surface area contributed by atoms with E-state index in [9.17, 15) is 5.11 Å². The molecule has 136 valence electrons. The third-order valence-electron chi connectivity index (χ3n) is 5.65. The zero-order valence-corrected chi connectivity index (χ0v) is 14.8. The van der Waals surface area contributed by atoms with Gasteiger partial charge in [-0.05, 0) is 25.2 Å². The minimum atomic E-state index is -0.240. The van der Waals surface area contributed by atoms with Gasteiger partial charge in [-0.3, -0.25) is 9.98 Å². The van der Waals surface area contributed by atoms with Gasteiger partial charge in [0.05, 0.1) is 11.6 Å². The molecule has 0 bridgehead atoms. The Bertz CT molecular complexity index is 636. The fraction of sp³-hybridized carbons (Fsp3) is 0.722. The van der Waals surface area contributed by atoms with Crippen LogP contribution in [0.2, 0.25) is 0 Å². The summed E-state index contributed by atoms with van der Waals surface area (Å²) in [5, 5.41) is 16.9. The van der Waals surface area contributed by atoms with Crippen LogP contribution in [0.25, 0.3) is 0 Å². The van der Waals surface area contributed by atoms with Crippen molar-refractivity contribution in [3.8, 4) is 0 Å². The van der Waals surface area contributed by atoms with E-state index in [4.69, 9.17) is 14.5 Å². The zero-order valence-electron chi connectivity index (χ0n) is 14.8. The summed E-state index contributed by atoms with van der Waals surface area (Å²) < 4.78 is 11.0. The first kappa shape index (κ1) is 16.7. The number of allylic oxidation sites excluding steroid dienone is 1. The average Bonchev–Trinajstić information content (AvgIpc) is 3.07. The molecule has 0 aromatic heterocycles. The Morgan fingerprint density at radius 1 is 1.32 bits per heavy atom. The summed E-state index contributed by atoms with van der Waals surface area (Å²) in [6.07, 6.45) is 6.95. The fourth-order valence-corrected chi connectivity index (χ4v) is 4.19. The second-order valence-electron chi connectivity index (χ2n) is 7.26. The Labute approximate surface area is 148 Å². The lowest BCUT2D eigenvalue weighted by atomic mass is 9.83. The lowest BCUT2D eigenvalue weighted by Crippen LogP contribution is -2.40. The molecule has 0 amide bonds. The molecule has 4 rings (SSSR count). The second kappa shape index (κ2) is 6.88. The van der Waals surface area contributed by atoms with E-state index in [0.29, 0.717) is 11.8 Å². The van der Waals surface area contributed by atoms with Gasteiger partial charge in [-0.2, -0.15) is 5.10 Å². The van der Waals surface area contributed by atoms with Gasteiger partial charge in [0, 0.05) is 50.7 Å². The molecule has 7 nitrogen and oxygen atoms in total. The monoisotopic (exact) mass is 346 g/mol. The van der Waals surface area contributed by atoms with E-state index in [2.05, 4.69) is 17.0 Å². The first-order valence-electron chi connectivity index (χ1n) is 9.14. The molecule has 4 heterocycles. The normalized spacial score (nSPS) is 35.9. The lowest BCUT2D eigenvalue weighted by molar-refractivity contribution is 0.0596. The third kappa shape index (κ3) is 3.11. The predicted molar refractivity (Wildman–Crippen MR) is 95.9 cm³/mol. The second-order valence-corrected chi connectivity index (χ2v) is 7.26. The average molecular weight is 346 g/mol. The number of ether oxygens (including phenoxy) is 2. The van der Waals surface area contributed by atoms with Crippen LogP contribution in [0.4, 0.5) is 0 Å². The molecule has 0 spiro atoms. The minimum Gasteiger partial charge on any atom is -0.493 e. The number of hydrazone groups is 1. The van der Waals surface area contributed by atoms with Crippen LogP contribution in [-0.2, 0) is 9.47 Å². The topological polar surface area (TPSA) is 79.0 Å². The molecule has 4 unspecified atom stereocenters. The minimum absolute atomic E-state index is 0.0615. The number of rotatable bonds is 3. The van der Waals surface area contributed by atoms with E-state index >= 15 is 0 Å². The molecular weight excluding hydrogens is 320 g/mol. The van der Waals surface area contributed by atoms with Crippen molar-refractivity contribution in [3.05, 3.63) is 12.0 Å². The highest BCUT2D eigenvalue weighted by Gasteiger charge is 2.39. The molecule has 4 atom stereocenters. The third-order valence-corrected chi connectivity index (χ3v) is 5.65. The van der Waals surface area contributed by atoms with Crippen molar-refractivity contribution in [1.82, 2.24) is 5.01 Å². The molecule has 0 aromatic rings. The highest BCUT2D eigenvalue weighted by Crippen LogP contribution is 2.34. The predicted octanol–water partition coefficient (Wildman–Crippen LogP) is 2.35. The molecule has 1 fully saturated rings. The van der Waals surface area contributed by atoms with Crippen LogP contribution in [0.5, 0.6) is 0 Å². The summed E-state index contributed by atoms with van der Waals surface area (Å²) in [5.74, 6) is 1.05. The quantitative estimate of drug-likeness (QED) is 0.851. The highest BCUT2D eigenvalue weighted by molar-refractivity contribution is 5.99. The summed E-state index contributed by atoms with van der Waals surface area (Å²) >= 11 is 0. The first-order valence-corrected chi connectivity index (χ1v) is 9.14. The van der Waals surface area contributed by atoms with E-state index in [-0.39, 0.29) is 24.2 Å². The Morgan fingerprint density at radius 3 is 2.88 bits per heavy atom. The maximum absolute atomic E-state index is 10.5. The Morgan fingerprint density at radius 2 is 2.12 bits per heavy atom. The molecular formula is C18H26N4O3. The van der Waals surface area contributed by atoms with Crippen LogP contribution in [0.15, 0.2) is 27.0 Å². The molecule has 0 aliphatic carbocycles. The van der Waals surface area contributed by atoms with E-state index in [0.717, 1.165) is 50.3 Å². The number of aliphatic hydroxyl groups excluding tert-OH is 1. The van der Waals surface area contributed by atoms with Gasteiger partial charge in [0.25, 0.3) is 0 Å². The largest absolute Gasteiger partial charge is 0.493 e. The van der Waals surface area contributed by atoms with Crippen LogP contribution < -0.4 is 0 Å². The smallest absolute Gasteiger partial charge is 0.211 e. The zero-order chi connectivity index (χ0) is 17.4. The maximum Gasteiger partial charge on any atom is 0.211 e. The van der Waals surface area contributed by atoms with Crippen molar-refractivity contribution in [2.24, 2.45) is 32.8 Å². The Kier molecular flexibility index (Phi) is 4.60. The standard InChI is InChI=1S/C18H26N4O3/c1-11-3-6-19-18(24-2)17(11)14-10-16(23)22-15(20-14)9-13(21-22)12-4-7-25-8-5-12/h6,10-12,15,17-18,23H,3-5,7-9H2,1-2H3. The number of hydrogen-bond donors (Lipinski definition) is 1. The number of nitrogens with zero attached hydrogens (tertiary/aromatic N) is 4. The van der Waals surface area contributed by atoms with Crippen LogP contribution >= 0.6 is 0 Å². The number of hydrogen-bond acceptors (Lipinski definition) is 7. The first-order chi connectivity index (χ1) is 12.2. The van der Waals surface area contributed by atoms with Gasteiger partial charge in [-0.25, -0.2) is 5.01 Å². The summed E-state index contributed by atoms with van der Waals surface area (Å²) in [5.41, 5.74) is 2.01. The molecule has 0 aromatic carbocycles. The van der Waals surface area contributed by atoms with Crippen molar-refractivity contribution < 1.29 is 14.6 Å². The summed E-state index contributed by atoms with van der Waals surface area (Å²) in [4.78, 5) is 9.38.